The number of ketones is 1. The van der Waals surface area contributed by atoms with Gasteiger partial charge >= 0.3 is 0 Å². The summed E-state index contributed by atoms with van der Waals surface area (Å²) in [6, 6.07) is 40.9. The van der Waals surface area contributed by atoms with Crippen LogP contribution in [0.4, 0.5) is 5.69 Å². The maximum absolute atomic E-state index is 15.9. The van der Waals surface area contributed by atoms with Crippen LogP contribution >= 0.6 is 39.1 Å². The van der Waals surface area contributed by atoms with Crippen molar-refractivity contribution in [3.05, 3.63) is 170 Å². The van der Waals surface area contributed by atoms with Crippen LogP contribution < -0.4 is 4.90 Å². The molecule has 5 aromatic rings. The predicted octanol–water partition coefficient (Wildman–Crippen LogP) is 8.94. The summed E-state index contributed by atoms with van der Waals surface area (Å²) in [7, 11) is 0. The number of amides is 2. The molecule has 2 aliphatic carbocycles. The minimum Gasteiger partial charge on any atom is -0.297 e. The zero-order valence-corrected chi connectivity index (χ0v) is 27.3. The number of anilines is 1. The van der Waals surface area contributed by atoms with Crippen LogP contribution in [0.3, 0.4) is 0 Å². The first-order valence-electron chi connectivity index (χ1n) is 14.9. The summed E-state index contributed by atoms with van der Waals surface area (Å²) in [5, 5.41) is 1.00. The molecule has 0 aromatic heterocycles. The molecule has 5 aromatic carbocycles. The van der Waals surface area contributed by atoms with Crippen LogP contribution in [-0.2, 0) is 25.2 Å². The Bertz CT molecular complexity index is 1970. The number of rotatable bonds is 5. The van der Waals surface area contributed by atoms with Gasteiger partial charge in [0.2, 0.25) is 11.8 Å². The van der Waals surface area contributed by atoms with Crippen molar-refractivity contribution in [3.63, 3.8) is 0 Å². The maximum atomic E-state index is 15.9. The topological polar surface area (TPSA) is 54.5 Å². The summed E-state index contributed by atoms with van der Waals surface area (Å²) in [6.45, 7) is 0. The molecule has 0 unspecified atom stereocenters. The van der Waals surface area contributed by atoms with Gasteiger partial charge < -0.3 is 0 Å². The standard InChI is InChI=1S/C39H24BrCl2NO3/c40-27-12-7-13-30(22-27)43-35(44)33-34(36(43)45)39(26-16-20-29(42)21-17-26)32(24-10-5-2-6-11-24)31(23-8-3-1-4-9-23)38(33,37(39)46)25-14-18-28(41)19-15-25/h1-22,33-34H/t33-,34-,38-,39-/m0/s1. The number of hydrogen-bond acceptors (Lipinski definition) is 3. The lowest BCUT2D eigenvalue weighted by molar-refractivity contribution is -0.130. The van der Waals surface area contributed by atoms with E-state index in [-0.39, 0.29) is 5.78 Å². The Kier molecular flexibility index (Phi) is 6.73. The number of benzene rings is 5. The van der Waals surface area contributed by atoms with Gasteiger partial charge in [0.15, 0.2) is 5.78 Å². The Morgan fingerprint density at radius 1 is 0.543 bits per heavy atom. The average molecular weight is 705 g/mol. The van der Waals surface area contributed by atoms with Gasteiger partial charge in [-0.3, -0.25) is 14.4 Å². The van der Waals surface area contributed by atoms with Gasteiger partial charge in [0.25, 0.3) is 0 Å². The lowest BCUT2D eigenvalue weighted by atomic mass is 9.59. The van der Waals surface area contributed by atoms with Crippen molar-refractivity contribution in [2.24, 2.45) is 11.8 Å². The molecule has 4 atom stereocenters. The Balaban J connectivity index is 1.56. The van der Waals surface area contributed by atoms with Crippen LogP contribution in [-0.4, -0.2) is 17.6 Å². The summed E-state index contributed by atoms with van der Waals surface area (Å²) in [6.07, 6.45) is 0. The van der Waals surface area contributed by atoms with Crippen LogP contribution in [0.15, 0.2) is 138 Å². The molecule has 46 heavy (non-hydrogen) atoms. The zero-order chi connectivity index (χ0) is 31.8. The Morgan fingerprint density at radius 3 is 1.39 bits per heavy atom. The molecule has 2 bridgehead atoms. The Morgan fingerprint density at radius 2 is 0.978 bits per heavy atom. The van der Waals surface area contributed by atoms with Gasteiger partial charge in [-0.25, -0.2) is 4.90 Å². The Hall–Kier alpha value is -4.29. The summed E-state index contributed by atoms with van der Waals surface area (Å²) < 4.78 is 0.731. The van der Waals surface area contributed by atoms with E-state index in [0.29, 0.717) is 26.9 Å². The first-order chi connectivity index (χ1) is 22.3. The lowest BCUT2D eigenvalue weighted by Gasteiger charge is -2.39. The molecule has 1 heterocycles. The van der Waals surface area contributed by atoms with Gasteiger partial charge in [0.1, 0.15) is 0 Å². The van der Waals surface area contributed by atoms with E-state index in [1.165, 1.54) is 4.90 Å². The summed E-state index contributed by atoms with van der Waals surface area (Å²) in [4.78, 5) is 47.2. The molecule has 0 radical (unpaired) electrons. The SMILES string of the molecule is O=C1[C@@H]2[C@@H](C(=O)N1c1cccc(Br)c1)[C@@]1(c3ccc(Cl)cc3)C(=O)[C@@]2(c2ccc(Cl)cc2)C(c2ccccc2)=C1c1ccccc1. The molecule has 4 nitrogen and oxygen atoms in total. The van der Waals surface area contributed by atoms with Gasteiger partial charge in [0.05, 0.1) is 28.4 Å². The predicted molar refractivity (Wildman–Crippen MR) is 185 cm³/mol. The van der Waals surface area contributed by atoms with Crippen LogP contribution in [0.1, 0.15) is 22.3 Å². The highest BCUT2D eigenvalue weighted by atomic mass is 79.9. The second kappa shape index (κ2) is 10.6. The van der Waals surface area contributed by atoms with Crippen LogP contribution in [0, 0.1) is 11.8 Å². The third-order valence-corrected chi connectivity index (χ3v) is 10.8. The fourth-order valence-corrected chi connectivity index (χ4v) is 8.87. The highest BCUT2D eigenvalue weighted by Gasteiger charge is 2.82. The smallest absolute Gasteiger partial charge is 0.239 e. The largest absolute Gasteiger partial charge is 0.297 e. The molecule has 224 valence electrons. The number of nitrogens with zero attached hydrogens (tertiary/aromatic N) is 1. The minimum absolute atomic E-state index is 0.201. The molecule has 8 rings (SSSR count). The van der Waals surface area contributed by atoms with Gasteiger partial charge in [-0.2, -0.15) is 0 Å². The zero-order valence-electron chi connectivity index (χ0n) is 24.2. The van der Waals surface area contributed by atoms with Crippen molar-refractivity contribution in [3.8, 4) is 0 Å². The number of imide groups is 1. The molecule has 7 heteroatoms. The van der Waals surface area contributed by atoms with Crippen molar-refractivity contribution in [1.29, 1.82) is 0 Å². The maximum Gasteiger partial charge on any atom is 0.239 e. The fraction of sp³-hybridized carbons (Fsp3) is 0.103. The molecular weight excluding hydrogens is 681 g/mol. The highest BCUT2D eigenvalue weighted by molar-refractivity contribution is 9.10. The Labute approximate surface area is 284 Å². The van der Waals surface area contributed by atoms with E-state index in [9.17, 15) is 0 Å². The third-order valence-electron chi connectivity index (χ3n) is 9.78. The van der Waals surface area contributed by atoms with Crippen molar-refractivity contribution in [1.82, 2.24) is 0 Å². The van der Waals surface area contributed by atoms with E-state index in [1.807, 2.05) is 91.0 Å². The number of hydrogen-bond donors (Lipinski definition) is 0. The van der Waals surface area contributed by atoms with Crippen molar-refractivity contribution >= 4 is 73.6 Å². The van der Waals surface area contributed by atoms with Gasteiger partial charge in [-0.05, 0) is 75.9 Å². The minimum atomic E-state index is -1.51. The average Bonchev–Trinajstić information content (AvgIpc) is 3.58. The van der Waals surface area contributed by atoms with Gasteiger partial charge in [-0.15, -0.1) is 0 Å². The van der Waals surface area contributed by atoms with Crippen LogP contribution in [0.25, 0.3) is 11.1 Å². The van der Waals surface area contributed by atoms with Crippen LogP contribution in [0.5, 0.6) is 0 Å². The summed E-state index contributed by atoms with van der Waals surface area (Å²) in [5.74, 6) is -3.06. The van der Waals surface area contributed by atoms with Crippen LogP contribution in [0.2, 0.25) is 10.0 Å². The molecule has 1 aliphatic heterocycles. The summed E-state index contributed by atoms with van der Waals surface area (Å²) >= 11 is 16.3. The van der Waals surface area contributed by atoms with Crippen molar-refractivity contribution < 1.29 is 14.4 Å². The number of carbonyl (C=O) groups excluding carboxylic acids is 3. The molecule has 1 saturated carbocycles. The first-order valence-corrected chi connectivity index (χ1v) is 16.4. The van der Waals surface area contributed by atoms with E-state index < -0.39 is 34.5 Å². The molecule has 3 aliphatic rings. The van der Waals surface area contributed by atoms with E-state index >= 15 is 14.4 Å². The lowest BCUT2D eigenvalue weighted by Crippen LogP contribution is -2.45. The highest BCUT2D eigenvalue weighted by Crippen LogP contribution is 2.74. The van der Waals surface area contributed by atoms with E-state index in [2.05, 4.69) is 15.9 Å². The van der Waals surface area contributed by atoms with E-state index in [1.54, 1.807) is 42.5 Å². The normalized spacial score (nSPS) is 25.0. The van der Waals surface area contributed by atoms with Crippen molar-refractivity contribution in [2.45, 2.75) is 10.8 Å². The quantitative estimate of drug-likeness (QED) is 0.172. The second-order valence-corrected chi connectivity index (χ2v) is 13.7. The first kappa shape index (κ1) is 29.1. The molecule has 0 N–H and O–H groups in total. The molecular formula is C39H24BrCl2NO3. The van der Waals surface area contributed by atoms with Gasteiger partial charge in [-0.1, -0.05) is 130 Å². The van der Waals surface area contributed by atoms with Gasteiger partial charge in [0, 0.05) is 14.5 Å². The number of Topliss-reactive ketones (excluding diaryl/α,β-unsaturated/α-hetero) is 1. The number of fused-ring (bicyclic) bond motifs is 5. The number of halogens is 3. The molecule has 1 saturated heterocycles. The van der Waals surface area contributed by atoms with E-state index in [0.717, 1.165) is 26.7 Å². The molecule has 0 spiro atoms. The second-order valence-electron chi connectivity index (χ2n) is 11.9. The molecule has 2 fully saturated rings. The molecule has 2 amide bonds. The third kappa shape index (κ3) is 3.77. The van der Waals surface area contributed by atoms with E-state index in [4.69, 9.17) is 23.2 Å². The number of carbonyl (C=O) groups is 3. The van der Waals surface area contributed by atoms with Crippen molar-refractivity contribution in [2.75, 3.05) is 4.90 Å². The summed E-state index contributed by atoms with van der Waals surface area (Å²) in [5.41, 5.74) is 1.74. The fourth-order valence-electron chi connectivity index (χ4n) is 8.23. The number of allylic oxidation sites excluding steroid dienone is 2. The monoisotopic (exact) mass is 703 g/mol.